The summed E-state index contributed by atoms with van der Waals surface area (Å²) in [7, 11) is 0. The first-order valence-electron chi connectivity index (χ1n) is 6.04. The topological polar surface area (TPSA) is 53.4 Å². The minimum absolute atomic E-state index is 0.143. The molecule has 1 aromatic rings. The summed E-state index contributed by atoms with van der Waals surface area (Å²) >= 11 is 0. The van der Waals surface area contributed by atoms with E-state index in [-0.39, 0.29) is 12.0 Å². The summed E-state index contributed by atoms with van der Waals surface area (Å²) in [5.74, 6) is -0.870. The van der Waals surface area contributed by atoms with Gasteiger partial charge in [0.2, 0.25) is 0 Å². The molecule has 0 saturated carbocycles. The molecule has 0 bridgehead atoms. The van der Waals surface area contributed by atoms with Crippen molar-refractivity contribution >= 4 is 5.97 Å². The monoisotopic (exact) mass is 234 g/mol. The molecule has 17 heavy (non-hydrogen) atoms. The average Bonchev–Trinajstić information content (AvgIpc) is 2.69. The Morgan fingerprint density at radius 1 is 1.65 bits per heavy atom. The van der Waals surface area contributed by atoms with Crippen molar-refractivity contribution in [1.82, 2.24) is 9.88 Å². The average molecular weight is 234 g/mol. The first-order chi connectivity index (χ1) is 8.18. The van der Waals surface area contributed by atoms with Crippen LogP contribution in [0.2, 0.25) is 0 Å². The van der Waals surface area contributed by atoms with E-state index in [0.717, 1.165) is 25.9 Å². The van der Waals surface area contributed by atoms with Crippen LogP contribution >= 0.6 is 0 Å². The molecule has 4 nitrogen and oxygen atoms in total. The molecule has 1 N–H and O–H groups in total. The molecule has 1 aliphatic rings. The Morgan fingerprint density at radius 3 is 3.06 bits per heavy atom. The fourth-order valence-corrected chi connectivity index (χ4v) is 2.47. The third-order valence-corrected chi connectivity index (χ3v) is 3.61. The summed E-state index contributed by atoms with van der Waals surface area (Å²) in [4.78, 5) is 17.3. The molecule has 1 aliphatic heterocycles. The van der Waals surface area contributed by atoms with E-state index in [0.29, 0.717) is 0 Å². The standard InChI is InChI=1S/C13H18N2O2/c1-10-12(13(16)17)5-8-15(10)7-4-11-3-2-6-14-9-11/h2-3,6,9-10,12H,4-5,7-8H2,1H3,(H,16,17). The molecule has 2 heterocycles. The lowest BCUT2D eigenvalue weighted by Gasteiger charge is -2.22. The first kappa shape index (κ1) is 12.0. The summed E-state index contributed by atoms with van der Waals surface area (Å²) in [6, 6.07) is 4.13. The lowest BCUT2D eigenvalue weighted by molar-refractivity contribution is -0.142. The molecule has 1 fully saturated rings. The van der Waals surface area contributed by atoms with Crippen LogP contribution in [0.25, 0.3) is 0 Å². The number of hydrogen-bond donors (Lipinski definition) is 1. The van der Waals surface area contributed by atoms with Crippen molar-refractivity contribution in [3.63, 3.8) is 0 Å². The normalized spacial score (nSPS) is 25.0. The van der Waals surface area contributed by atoms with E-state index in [2.05, 4.69) is 16.0 Å². The highest BCUT2D eigenvalue weighted by Crippen LogP contribution is 2.24. The second-order valence-electron chi connectivity index (χ2n) is 4.62. The van der Waals surface area contributed by atoms with Gasteiger partial charge in [0.05, 0.1) is 5.92 Å². The predicted molar refractivity (Wildman–Crippen MR) is 64.7 cm³/mol. The van der Waals surface area contributed by atoms with Gasteiger partial charge in [0, 0.05) is 25.0 Å². The number of rotatable bonds is 4. The molecule has 2 unspecified atom stereocenters. The Balaban J connectivity index is 1.87. The van der Waals surface area contributed by atoms with Crippen molar-refractivity contribution in [1.29, 1.82) is 0 Å². The fourth-order valence-electron chi connectivity index (χ4n) is 2.47. The molecule has 1 saturated heterocycles. The maximum atomic E-state index is 11.0. The third-order valence-electron chi connectivity index (χ3n) is 3.61. The third kappa shape index (κ3) is 2.82. The second-order valence-corrected chi connectivity index (χ2v) is 4.62. The van der Waals surface area contributed by atoms with Gasteiger partial charge in [-0.25, -0.2) is 0 Å². The lowest BCUT2D eigenvalue weighted by atomic mass is 10.0. The second kappa shape index (κ2) is 5.27. The van der Waals surface area contributed by atoms with Gasteiger partial charge in [-0.15, -0.1) is 0 Å². The maximum absolute atomic E-state index is 11.0. The van der Waals surface area contributed by atoms with Crippen molar-refractivity contribution in [2.45, 2.75) is 25.8 Å². The molecule has 2 atom stereocenters. The van der Waals surface area contributed by atoms with Crippen LogP contribution in [0.15, 0.2) is 24.5 Å². The SMILES string of the molecule is CC1C(C(=O)O)CCN1CCc1cccnc1. The quantitative estimate of drug-likeness (QED) is 0.856. The van der Waals surface area contributed by atoms with Crippen molar-refractivity contribution in [2.75, 3.05) is 13.1 Å². The Labute approximate surface area is 101 Å². The van der Waals surface area contributed by atoms with E-state index >= 15 is 0 Å². The molecule has 0 aliphatic carbocycles. The number of hydrogen-bond acceptors (Lipinski definition) is 3. The van der Waals surface area contributed by atoms with E-state index in [1.807, 2.05) is 19.2 Å². The lowest BCUT2D eigenvalue weighted by Crippen LogP contribution is -2.34. The molecule has 92 valence electrons. The van der Waals surface area contributed by atoms with Crippen molar-refractivity contribution in [3.05, 3.63) is 30.1 Å². The van der Waals surface area contributed by atoms with Gasteiger partial charge >= 0.3 is 5.97 Å². The van der Waals surface area contributed by atoms with E-state index in [1.54, 1.807) is 6.20 Å². The molecular formula is C13H18N2O2. The van der Waals surface area contributed by atoms with Crippen LogP contribution in [0.5, 0.6) is 0 Å². The fraction of sp³-hybridized carbons (Fsp3) is 0.538. The van der Waals surface area contributed by atoms with Gasteiger partial charge in [0.25, 0.3) is 0 Å². The van der Waals surface area contributed by atoms with Crippen molar-refractivity contribution < 1.29 is 9.90 Å². The summed E-state index contributed by atoms with van der Waals surface area (Å²) in [6.45, 7) is 3.81. The number of likely N-dealkylation sites (tertiary alicyclic amines) is 1. The predicted octanol–water partition coefficient (Wildman–Crippen LogP) is 1.42. The molecular weight excluding hydrogens is 216 g/mol. The Hall–Kier alpha value is -1.42. The van der Waals surface area contributed by atoms with Crippen molar-refractivity contribution in [3.8, 4) is 0 Å². The molecule has 4 heteroatoms. The Kier molecular flexibility index (Phi) is 3.74. The number of aromatic nitrogens is 1. The number of pyridine rings is 1. The summed E-state index contributed by atoms with van der Waals surface area (Å²) < 4.78 is 0. The van der Waals surface area contributed by atoms with Crippen LogP contribution in [0, 0.1) is 5.92 Å². The molecule has 0 radical (unpaired) electrons. The van der Waals surface area contributed by atoms with Crippen LogP contribution in [0.4, 0.5) is 0 Å². The number of carbonyl (C=O) groups is 1. The van der Waals surface area contributed by atoms with Crippen LogP contribution in [0.3, 0.4) is 0 Å². The number of nitrogens with zero attached hydrogens (tertiary/aromatic N) is 2. The van der Waals surface area contributed by atoms with Gasteiger partial charge in [0.15, 0.2) is 0 Å². The van der Waals surface area contributed by atoms with Crippen LogP contribution < -0.4 is 0 Å². The van der Waals surface area contributed by atoms with Gasteiger partial charge in [-0.1, -0.05) is 6.07 Å². The van der Waals surface area contributed by atoms with E-state index in [4.69, 9.17) is 5.11 Å². The van der Waals surface area contributed by atoms with Crippen LogP contribution in [0.1, 0.15) is 18.9 Å². The zero-order valence-corrected chi connectivity index (χ0v) is 10.0. The molecule has 0 spiro atoms. The van der Waals surface area contributed by atoms with Crippen LogP contribution in [-0.2, 0) is 11.2 Å². The summed E-state index contributed by atoms with van der Waals surface area (Å²) in [5.41, 5.74) is 1.21. The van der Waals surface area contributed by atoms with Gasteiger partial charge in [-0.05, 0) is 37.9 Å². The van der Waals surface area contributed by atoms with Gasteiger partial charge in [0.1, 0.15) is 0 Å². The zero-order chi connectivity index (χ0) is 12.3. The zero-order valence-electron chi connectivity index (χ0n) is 10.0. The van der Waals surface area contributed by atoms with Crippen molar-refractivity contribution in [2.24, 2.45) is 5.92 Å². The minimum Gasteiger partial charge on any atom is -0.481 e. The van der Waals surface area contributed by atoms with Gasteiger partial charge in [-0.3, -0.25) is 14.7 Å². The minimum atomic E-state index is -0.665. The molecule has 2 rings (SSSR count). The Bertz CT molecular complexity index is 380. The van der Waals surface area contributed by atoms with Crippen LogP contribution in [-0.4, -0.2) is 40.1 Å². The smallest absolute Gasteiger partial charge is 0.308 e. The summed E-state index contributed by atoms with van der Waals surface area (Å²) in [5, 5.41) is 9.05. The number of carboxylic acid groups (broad SMARTS) is 1. The van der Waals surface area contributed by atoms with Gasteiger partial charge in [-0.2, -0.15) is 0 Å². The summed E-state index contributed by atoms with van der Waals surface area (Å²) in [6.07, 6.45) is 5.34. The largest absolute Gasteiger partial charge is 0.481 e. The van der Waals surface area contributed by atoms with E-state index in [9.17, 15) is 4.79 Å². The molecule has 0 amide bonds. The molecule has 0 aromatic carbocycles. The highest BCUT2D eigenvalue weighted by Gasteiger charge is 2.34. The van der Waals surface area contributed by atoms with Gasteiger partial charge < -0.3 is 5.11 Å². The molecule has 1 aromatic heterocycles. The first-order valence-corrected chi connectivity index (χ1v) is 6.04. The Morgan fingerprint density at radius 2 is 2.47 bits per heavy atom. The maximum Gasteiger partial charge on any atom is 0.308 e. The highest BCUT2D eigenvalue weighted by atomic mass is 16.4. The van der Waals surface area contributed by atoms with E-state index in [1.165, 1.54) is 5.56 Å². The number of carboxylic acids is 1. The highest BCUT2D eigenvalue weighted by molar-refractivity contribution is 5.71. The van der Waals surface area contributed by atoms with E-state index < -0.39 is 5.97 Å². The number of aliphatic carboxylic acids is 1.